The van der Waals surface area contributed by atoms with Crippen molar-refractivity contribution in [2.45, 2.75) is 52.2 Å². The molecule has 1 aliphatic heterocycles. The molecule has 0 spiro atoms. The molecule has 2 amide bonds. The third-order valence-corrected chi connectivity index (χ3v) is 3.00. The summed E-state index contributed by atoms with van der Waals surface area (Å²) >= 11 is 0. The van der Waals surface area contributed by atoms with Crippen LogP contribution in [0.3, 0.4) is 0 Å². The zero-order chi connectivity index (χ0) is 13.0. The van der Waals surface area contributed by atoms with E-state index in [1.165, 1.54) is 0 Å². The van der Waals surface area contributed by atoms with Gasteiger partial charge in [0.05, 0.1) is 6.04 Å². The van der Waals surface area contributed by atoms with E-state index in [-0.39, 0.29) is 23.9 Å². The van der Waals surface area contributed by atoms with E-state index in [0.29, 0.717) is 5.92 Å². The predicted molar refractivity (Wildman–Crippen MR) is 66.5 cm³/mol. The van der Waals surface area contributed by atoms with Crippen molar-refractivity contribution in [2.24, 2.45) is 5.92 Å². The third kappa shape index (κ3) is 4.00. The van der Waals surface area contributed by atoms with Crippen LogP contribution in [0.2, 0.25) is 0 Å². The van der Waals surface area contributed by atoms with Gasteiger partial charge in [-0.2, -0.15) is 0 Å². The summed E-state index contributed by atoms with van der Waals surface area (Å²) < 4.78 is 0. The molecule has 5 nitrogen and oxygen atoms in total. The summed E-state index contributed by atoms with van der Waals surface area (Å²) in [4.78, 5) is 23.5. The van der Waals surface area contributed by atoms with Crippen molar-refractivity contribution in [3.8, 4) is 0 Å². The molecule has 0 aromatic rings. The van der Waals surface area contributed by atoms with Crippen LogP contribution in [0, 0.1) is 5.92 Å². The van der Waals surface area contributed by atoms with Crippen LogP contribution >= 0.6 is 0 Å². The fraction of sp³-hybridized carbons (Fsp3) is 0.833. The van der Waals surface area contributed by atoms with E-state index in [2.05, 4.69) is 16.0 Å². The van der Waals surface area contributed by atoms with E-state index >= 15 is 0 Å². The highest BCUT2D eigenvalue weighted by molar-refractivity contribution is 5.89. The van der Waals surface area contributed by atoms with E-state index in [0.717, 1.165) is 13.0 Å². The van der Waals surface area contributed by atoms with Gasteiger partial charge in [-0.3, -0.25) is 9.59 Å². The Balaban J connectivity index is 2.42. The van der Waals surface area contributed by atoms with E-state index in [4.69, 9.17) is 0 Å². The number of hydrogen-bond donors (Lipinski definition) is 3. The van der Waals surface area contributed by atoms with Crippen molar-refractivity contribution in [3.63, 3.8) is 0 Å². The topological polar surface area (TPSA) is 70.2 Å². The van der Waals surface area contributed by atoms with Gasteiger partial charge in [0, 0.05) is 6.04 Å². The number of amides is 2. The molecule has 1 aliphatic rings. The highest BCUT2D eigenvalue weighted by Crippen LogP contribution is 2.14. The summed E-state index contributed by atoms with van der Waals surface area (Å²) in [5, 5.41) is 8.67. The summed E-state index contributed by atoms with van der Waals surface area (Å²) in [6.07, 6.45) is 1.00. The molecule has 5 heteroatoms. The highest BCUT2D eigenvalue weighted by atomic mass is 16.2. The average molecular weight is 241 g/mol. The summed E-state index contributed by atoms with van der Waals surface area (Å²) in [6, 6.07) is -0.561. The van der Waals surface area contributed by atoms with Gasteiger partial charge in [-0.15, -0.1) is 0 Å². The first kappa shape index (κ1) is 14.0. The third-order valence-electron chi connectivity index (χ3n) is 3.00. The van der Waals surface area contributed by atoms with Crippen molar-refractivity contribution >= 4 is 11.8 Å². The number of hydrogen-bond acceptors (Lipinski definition) is 3. The molecule has 1 heterocycles. The number of rotatable bonds is 4. The first-order valence-electron chi connectivity index (χ1n) is 6.26. The number of nitrogens with one attached hydrogen (secondary N) is 3. The van der Waals surface area contributed by atoms with Crippen LogP contribution in [0.5, 0.6) is 0 Å². The van der Waals surface area contributed by atoms with Crippen LogP contribution in [0.25, 0.3) is 0 Å². The van der Waals surface area contributed by atoms with E-state index in [1.807, 2.05) is 20.8 Å². The lowest BCUT2D eigenvalue weighted by Gasteiger charge is -2.20. The second kappa shape index (κ2) is 6.00. The molecule has 3 N–H and O–H groups in total. The molecule has 0 aromatic carbocycles. The molecule has 3 atom stereocenters. The maximum atomic E-state index is 11.9. The Hall–Kier alpha value is -1.10. The molecule has 1 saturated heterocycles. The molecular formula is C12H23N3O2. The second-order valence-corrected chi connectivity index (χ2v) is 5.09. The van der Waals surface area contributed by atoms with E-state index < -0.39 is 6.04 Å². The fourth-order valence-corrected chi connectivity index (χ4v) is 1.96. The standard InChI is InChI=1S/C12H23N3O2/c1-7(2)14-11(16)9(4)15-12(17)10-8(3)5-6-13-10/h7-10,13H,5-6H2,1-4H3,(H,14,16)(H,15,17). The molecule has 17 heavy (non-hydrogen) atoms. The lowest BCUT2D eigenvalue weighted by molar-refractivity contribution is -0.130. The molecule has 0 aromatic heterocycles. The van der Waals surface area contributed by atoms with Crippen LogP contribution in [-0.4, -0.2) is 36.5 Å². The van der Waals surface area contributed by atoms with Gasteiger partial charge in [0.2, 0.25) is 11.8 Å². The Labute approximate surface area is 103 Å². The number of carbonyl (C=O) groups excluding carboxylic acids is 2. The van der Waals surface area contributed by atoms with Crippen LogP contribution in [0.15, 0.2) is 0 Å². The minimum absolute atomic E-state index is 0.0820. The predicted octanol–water partition coefficient (Wildman–Crippen LogP) is 0.0137. The molecule has 0 aliphatic carbocycles. The zero-order valence-electron chi connectivity index (χ0n) is 11.0. The van der Waals surface area contributed by atoms with Crippen molar-refractivity contribution < 1.29 is 9.59 Å². The second-order valence-electron chi connectivity index (χ2n) is 5.09. The fourth-order valence-electron chi connectivity index (χ4n) is 1.96. The van der Waals surface area contributed by atoms with Crippen molar-refractivity contribution in [2.75, 3.05) is 6.54 Å². The minimum atomic E-state index is -0.487. The molecular weight excluding hydrogens is 218 g/mol. The Morgan fingerprint density at radius 3 is 2.35 bits per heavy atom. The van der Waals surface area contributed by atoms with E-state index in [1.54, 1.807) is 6.92 Å². The van der Waals surface area contributed by atoms with Crippen LogP contribution in [-0.2, 0) is 9.59 Å². The smallest absolute Gasteiger partial charge is 0.242 e. The molecule has 1 rings (SSSR count). The number of carbonyl (C=O) groups is 2. The first-order chi connectivity index (χ1) is 7.91. The minimum Gasteiger partial charge on any atom is -0.352 e. The highest BCUT2D eigenvalue weighted by Gasteiger charge is 2.30. The van der Waals surface area contributed by atoms with Gasteiger partial charge in [0.25, 0.3) is 0 Å². The Kier molecular flexibility index (Phi) is 4.93. The quantitative estimate of drug-likeness (QED) is 0.649. The van der Waals surface area contributed by atoms with Gasteiger partial charge in [-0.05, 0) is 39.7 Å². The molecule has 0 radical (unpaired) electrons. The van der Waals surface area contributed by atoms with Crippen LogP contribution in [0.4, 0.5) is 0 Å². The summed E-state index contributed by atoms with van der Waals surface area (Å²) in [6.45, 7) is 8.41. The van der Waals surface area contributed by atoms with Gasteiger partial charge in [0.15, 0.2) is 0 Å². The van der Waals surface area contributed by atoms with Crippen LogP contribution < -0.4 is 16.0 Å². The molecule has 1 fully saturated rings. The SMILES string of the molecule is CC(C)NC(=O)C(C)NC(=O)C1NCCC1C. The average Bonchev–Trinajstić information content (AvgIpc) is 2.63. The van der Waals surface area contributed by atoms with Gasteiger partial charge >= 0.3 is 0 Å². The zero-order valence-corrected chi connectivity index (χ0v) is 11.0. The summed E-state index contributed by atoms with van der Waals surface area (Å²) in [7, 11) is 0. The molecule has 3 unspecified atom stereocenters. The largest absolute Gasteiger partial charge is 0.352 e. The first-order valence-corrected chi connectivity index (χ1v) is 6.26. The summed E-state index contributed by atoms with van der Waals surface area (Å²) in [5.41, 5.74) is 0. The van der Waals surface area contributed by atoms with E-state index in [9.17, 15) is 9.59 Å². The van der Waals surface area contributed by atoms with Crippen LogP contribution in [0.1, 0.15) is 34.1 Å². The van der Waals surface area contributed by atoms with Crippen molar-refractivity contribution in [1.82, 2.24) is 16.0 Å². The summed E-state index contributed by atoms with van der Waals surface area (Å²) in [5.74, 6) is 0.107. The lowest BCUT2D eigenvalue weighted by Crippen LogP contribution is -2.52. The van der Waals surface area contributed by atoms with Gasteiger partial charge in [0.1, 0.15) is 6.04 Å². The van der Waals surface area contributed by atoms with Gasteiger partial charge in [-0.25, -0.2) is 0 Å². The normalized spacial score (nSPS) is 25.7. The molecule has 0 saturated carbocycles. The van der Waals surface area contributed by atoms with Crippen molar-refractivity contribution in [3.05, 3.63) is 0 Å². The molecule has 0 bridgehead atoms. The van der Waals surface area contributed by atoms with Crippen molar-refractivity contribution in [1.29, 1.82) is 0 Å². The Bertz CT molecular complexity index is 291. The maximum absolute atomic E-state index is 11.9. The van der Waals surface area contributed by atoms with Gasteiger partial charge in [-0.1, -0.05) is 6.92 Å². The monoisotopic (exact) mass is 241 g/mol. The lowest BCUT2D eigenvalue weighted by atomic mass is 10.0. The van der Waals surface area contributed by atoms with Gasteiger partial charge < -0.3 is 16.0 Å². The maximum Gasteiger partial charge on any atom is 0.242 e. The Morgan fingerprint density at radius 2 is 1.88 bits per heavy atom. The molecule has 98 valence electrons. The Morgan fingerprint density at radius 1 is 1.24 bits per heavy atom.